The van der Waals surface area contributed by atoms with Crippen LogP contribution in [0.25, 0.3) is 0 Å². The number of carbonyl (C=O) groups is 1. The highest BCUT2D eigenvalue weighted by Crippen LogP contribution is 2.53. The molecule has 0 radical (unpaired) electrons. The lowest BCUT2D eigenvalue weighted by Crippen LogP contribution is -2.54. The maximum Gasteiger partial charge on any atom is 0.314 e. The third kappa shape index (κ3) is 2.06. The minimum absolute atomic E-state index is 0.0720. The van der Waals surface area contributed by atoms with Gasteiger partial charge in [0.25, 0.3) is 5.92 Å². The van der Waals surface area contributed by atoms with Crippen LogP contribution in [-0.4, -0.2) is 17.0 Å². The molecule has 2 rings (SSSR count). The van der Waals surface area contributed by atoms with Gasteiger partial charge in [0.05, 0.1) is 0 Å². The van der Waals surface area contributed by atoms with Gasteiger partial charge in [-0.25, -0.2) is 13.2 Å². The number of hydrogen-bond acceptors (Lipinski definition) is 1. The number of halogens is 4. The van der Waals surface area contributed by atoms with Crippen LogP contribution in [0.5, 0.6) is 0 Å². The molecule has 1 aliphatic rings. The lowest BCUT2D eigenvalue weighted by molar-refractivity contribution is -0.174. The quantitative estimate of drug-likeness (QED) is 0.910. The first-order valence-corrected chi connectivity index (χ1v) is 5.62. The van der Waals surface area contributed by atoms with Crippen LogP contribution in [0, 0.1) is 5.82 Å². The fourth-order valence-corrected chi connectivity index (χ4v) is 2.61. The van der Waals surface area contributed by atoms with Crippen molar-refractivity contribution in [1.29, 1.82) is 0 Å². The normalized spacial score (nSPS) is 20.7. The van der Waals surface area contributed by atoms with E-state index in [1.165, 1.54) is 6.07 Å². The molecule has 1 aliphatic carbocycles. The van der Waals surface area contributed by atoms with Gasteiger partial charge >= 0.3 is 5.97 Å². The summed E-state index contributed by atoms with van der Waals surface area (Å²) in [5, 5.41) is 9.08. The third-order valence-corrected chi connectivity index (χ3v) is 3.40. The number of alkyl halides is 2. The molecule has 17 heavy (non-hydrogen) atoms. The highest BCUT2D eigenvalue weighted by Gasteiger charge is 2.62. The van der Waals surface area contributed by atoms with Gasteiger partial charge in [0.15, 0.2) is 0 Å². The molecule has 1 aromatic carbocycles. The van der Waals surface area contributed by atoms with Crippen LogP contribution in [0.3, 0.4) is 0 Å². The molecule has 2 nitrogen and oxygen atoms in total. The number of carboxylic acid groups (broad SMARTS) is 1. The second-order valence-electron chi connectivity index (χ2n) is 4.25. The average Bonchev–Trinajstić information content (AvgIpc) is 2.11. The summed E-state index contributed by atoms with van der Waals surface area (Å²) in [4.78, 5) is 11.1. The summed E-state index contributed by atoms with van der Waals surface area (Å²) in [5.41, 5.74) is -1.60. The van der Waals surface area contributed by atoms with Crippen molar-refractivity contribution in [3.8, 4) is 0 Å². The van der Waals surface area contributed by atoms with Gasteiger partial charge in [0.1, 0.15) is 11.2 Å². The van der Waals surface area contributed by atoms with Crippen molar-refractivity contribution >= 4 is 21.9 Å². The average molecular weight is 309 g/mol. The van der Waals surface area contributed by atoms with E-state index in [4.69, 9.17) is 5.11 Å². The van der Waals surface area contributed by atoms with Gasteiger partial charge < -0.3 is 5.11 Å². The lowest BCUT2D eigenvalue weighted by Gasteiger charge is -2.44. The molecule has 0 heterocycles. The molecule has 0 atom stereocenters. The van der Waals surface area contributed by atoms with E-state index in [2.05, 4.69) is 15.9 Å². The van der Waals surface area contributed by atoms with Crippen molar-refractivity contribution in [3.63, 3.8) is 0 Å². The number of hydrogen-bond donors (Lipinski definition) is 1. The summed E-state index contributed by atoms with van der Waals surface area (Å²) < 4.78 is 39.3. The van der Waals surface area contributed by atoms with Crippen LogP contribution < -0.4 is 0 Å². The molecule has 0 aromatic heterocycles. The zero-order valence-corrected chi connectivity index (χ0v) is 10.1. The summed E-state index contributed by atoms with van der Waals surface area (Å²) in [7, 11) is 0. The highest BCUT2D eigenvalue weighted by molar-refractivity contribution is 9.10. The van der Waals surface area contributed by atoms with Gasteiger partial charge in [-0.1, -0.05) is 15.9 Å². The predicted octanol–water partition coefficient (Wildman–Crippen LogP) is 3.34. The van der Waals surface area contributed by atoms with Crippen LogP contribution in [-0.2, 0) is 10.2 Å². The summed E-state index contributed by atoms with van der Waals surface area (Å²) in [5.74, 6) is -4.98. The molecule has 1 aromatic rings. The van der Waals surface area contributed by atoms with Crippen LogP contribution in [0.2, 0.25) is 0 Å². The molecular weight excluding hydrogens is 301 g/mol. The van der Waals surface area contributed by atoms with E-state index in [0.29, 0.717) is 4.47 Å². The SMILES string of the molecule is O=C(O)C1(c2cc(F)cc(Br)c2)CC(F)(F)C1. The van der Waals surface area contributed by atoms with Crippen molar-refractivity contribution < 1.29 is 23.1 Å². The van der Waals surface area contributed by atoms with Gasteiger partial charge in [0.2, 0.25) is 0 Å². The first kappa shape index (κ1) is 12.4. The fraction of sp³-hybridized carbons (Fsp3) is 0.364. The molecule has 6 heteroatoms. The number of carboxylic acids is 1. The molecule has 0 bridgehead atoms. The van der Waals surface area contributed by atoms with Crippen LogP contribution in [0.1, 0.15) is 18.4 Å². The van der Waals surface area contributed by atoms with Crippen LogP contribution in [0.15, 0.2) is 22.7 Å². The summed E-state index contributed by atoms with van der Waals surface area (Å²) >= 11 is 3.02. The first-order chi connectivity index (χ1) is 7.75. The standard InChI is InChI=1S/C11H8BrF3O2/c12-7-1-6(2-8(13)3-7)10(9(16)17)4-11(14,15)5-10/h1-3H,4-5H2,(H,16,17). The van der Waals surface area contributed by atoms with Crippen molar-refractivity contribution in [2.75, 3.05) is 0 Å². The Morgan fingerprint density at radius 1 is 1.29 bits per heavy atom. The first-order valence-electron chi connectivity index (χ1n) is 4.83. The minimum atomic E-state index is -2.99. The van der Waals surface area contributed by atoms with E-state index < -0.39 is 36.0 Å². The summed E-state index contributed by atoms with van der Waals surface area (Å²) in [6.07, 6.45) is -1.57. The van der Waals surface area contributed by atoms with E-state index in [9.17, 15) is 18.0 Å². The zero-order chi connectivity index (χ0) is 12.8. The summed E-state index contributed by atoms with van der Waals surface area (Å²) in [6, 6.07) is 3.51. The number of rotatable bonds is 2. The molecule has 0 unspecified atom stereocenters. The molecule has 92 valence electrons. The van der Waals surface area contributed by atoms with E-state index in [1.807, 2.05) is 0 Å². The number of benzene rings is 1. The Morgan fingerprint density at radius 2 is 1.88 bits per heavy atom. The van der Waals surface area contributed by atoms with E-state index in [-0.39, 0.29) is 5.56 Å². The van der Waals surface area contributed by atoms with Crippen molar-refractivity contribution in [3.05, 3.63) is 34.1 Å². The molecule has 0 saturated heterocycles. The molecule has 0 spiro atoms. The topological polar surface area (TPSA) is 37.3 Å². The Hall–Kier alpha value is -1.04. The Bertz CT molecular complexity index is 459. The van der Waals surface area contributed by atoms with Crippen molar-refractivity contribution in [2.45, 2.75) is 24.2 Å². The van der Waals surface area contributed by atoms with E-state index in [0.717, 1.165) is 12.1 Å². The maximum atomic E-state index is 13.2. The number of aliphatic carboxylic acids is 1. The molecule has 1 N–H and O–H groups in total. The smallest absolute Gasteiger partial charge is 0.314 e. The third-order valence-electron chi connectivity index (χ3n) is 2.95. The Kier molecular flexibility index (Phi) is 2.72. The Labute approximate surface area is 104 Å². The monoisotopic (exact) mass is 308 g/mol. The predicted molar refractivity (Wildman–Crippen MR) is 57.6 cm³/mol. The second kappa shape index (κ2) is 3.73. The van der Waals surface area contributed by atoms with Gasteiger partial charge in [0, 0.05) is 17.3 Å². The highest BCUT2D eigenvalue weighted by atomic mass is 79.9. The van der Waals surface area contributed by atoms with E-state index in [1.54, 1.807) is 0 Å². The van der Waals surface area contributed by atoms with Crippen molar-refractivity contribution in [2.24, 2.45) is 0 Å². The molecule has 0 amide bonds. The van der Waals surface area contributed by atoms with Crippen molar-refractivity contribution in [1.82, 2.24) is 0 Å². The van der Waals surface area contributed by atoms with Gasteiger partial charge in [-0.2, -0.15) is 0 Å². The maximum absolute atomic E-state index is 13.2. The van der Waals surface area contributed by atoms with Gasteiger partial charge in [-0.05, 0) is 23.8 Å². The molecule has 1 fully saturated rings. The summed E-state index contributed by atoms with van der Waals surface area (Å²) in [6.45, 7) is 0. The van der Waals surface area contributed by atoms with Crippen LogP contribution >= 0.6 is 15.9 Å². The Balaban J connectivity index is 2.45. The second-order valence-corrected chi connectivity index (χ2v) is 5.17. The largest absolute Gasteiger partial charge is 0.481 e. The Morgan fingerprint density at radius 3 is 2.29 bits per heavy atom. The molecule has 1 saturated carbocycles. The van der Waals surface area contributed by atoms with Gasteiger partial charge in [-0.15, -0.1) is 0 Å². The van der Waals surface area contributed by atoms with Crippen LogP contribution in [0.4, 0.5) is 13.2 Å². The molecule has 0 aliphatic heterocycles. The fourth-order valence-electron chi connectivity index (χ4n) is 2.14. The minimum Gasteiger partial charge on any atom is -0.481 e. The van der Waals surface area contributed by atoms with Gasteiger partial charge in [-0.3, -0.25) is 4.79 Å². The van der Waals surface area contributed by atoms with E-state index >= 15 is 0 Å². The zero-order valence-electron chi connectivity index (χ0n) is 8.51. The lowest BCUT2D eigenvalue weighted by atomic mass is 9.62. The molecular formula is C11H8BrF3O2.